The Morgan fingerprint density at radius 3 is 2.73 bits per heavy atom. The number of rotatable bonds is 3. The zero-order chi connectivity index (χ0) is 8.27. The Hall–Kier alpha value is 0.160. The Morgan fingerprint density at radius 2 is 2.27 bits per heavy atom. The first-order valence-corrected chi connectivity index (χ1v) is 5.10. The number of hydrogen-bond donors (Lipinski definition) is 2. The van der Waals surface area contributed by atoms with Gasteiger partial charge in [0, 0.05) is 10.3 Å². The lowest BCUT2D eigenvalue weighted by Gasteiger charge is -2.30. The van der Waals surface area contributed by atoms with Crippen molar-refractivity contribution in [2.24, 2.45) is 11.8 Å². The normalized spacial score (nSPS) is 29.3. The van der Waals surface area contributed by atoms with Gasteiger partial charge in [-0.2, -0.15) is 0 Å². The molecule has 0 aromatic heterocycles. The molecule has 0 spiro atoms. The third-order valence-electron chi connectivity index (χ3n) is 2.12. The number of carbonyl (C=O) groups excluding carboxylic acids is 1. The molecule has 1 fully saturated rings. The van der Waals surface area contributed by atoms with Gasteiger partial charge in [-0.3, -0.25) is 10.2 Å². The molecule has 1 amide bonds. The third-order valence-corrected chi connectivity index (χ3v) is 3.14. The molecule has 0 aromatic carbocycles. The van der Waals surface area contributed by atoms with Gasteiger partial charge in [0.2, 0.25) is 5.91 Å². The fourth-order valence-electron chi connectivity index (χ4n) is 1.30. The lowest BCUT2D eigenvalue weighted by atomic mass is 9.82. The van der Waals surface area contributed by atoms with Gasteiger partial charge in [-0.15, -0.1) is 0 Å². The number of nitrogens with two attached hydrogens (primary N) is 1. The van der Waals surface area contributed by atoms with Crippen LogP contribution in [-0.2, 0) is 4.79 Å². The number of amides is 1. The van der Waals surface area contributed by atoms with Crippen LogP contribution in [0.15, 0.2) is 0 Å². The molecular formula is C7H13IN2O. The maximum Gasteiger partial charge on any atom is 0.233 e. The lowest BCUT2D eigenvalue weighted by molar-refractivity contribution is -0.121. The number of carbonyl (C=O) groups is 1. The van der Waals surface area contributed by atoms with E-state index in [2.05, 4.69) is 28.0 Å². The Balaban J connectivity index is 2.00. The predicted molar refractivity (Wildman–Crippen MR) is 52.1 cm³/mol. The number of nitrogens with one attached hydrogen (secondary N) is 1. The molecule has 0 bridgehead atoms. The predicted octanol–water partition coefficient (Wildman–Crippen LogP) is 0.970. The van der Waals surface area contributed by atoms with Gasteiger partial charge < -0.3 is 0 Å². The minimum atomic E-state index is -0.0399. The second-order valence-corrected chi connectivity index (χ2v) is 4.80. The van der Waals surface area contributed by atoms with Crippen LogP contribution in [0, 0.1) is 5.92 Å². The molecule has 0 unspecified atom stereocenters. The molecule has 0 atom stereocenters. The van der Waals surface area contributed by atoms with Crippen molar-refractivity contribution in [3.63, 3.8) is 0 Å². The highest BCUT2D eigenvalue weighted by atomic mass is 127. The molecule has 1 rings (SSSR count). The molecule has 64 valence electrons. The van der Waals surface area contributed by atoms with Crippen molar-refractivity contribution in [2.45, 2.75) is 29.6 Å². The molecule has 4 heteroatoms. The number of hydrogen-bond acceptors (Lipinski definition) is 2. The molecule has 0 radical (unpaired) electrons. The molecule has 0 saturated heterocycles. The Labute approximate surface area is 80.2 Å². The molecule has 11 heavy (non-hydrogen) atoms. The van der Waals surface area contributed by atoms with Crippen LogP contribution in [0.1, 0.15) is 25.7 Å². The summed E-state index contributed by atoms with van der Waals surface area (Å²) in [6.07, 6.45) is 4.14. The summed E-state index contributed by atoms with van der Waals surface area (Å²) in [5, 5.41) is 0. The fraction of sp³-hybridized carbons (Fsp3) is 0.857. The van der Waals surface area contributed by atoms with E-state index in [0.717, 1.165) is 16.3 Å². The summed E-state index contributed by atoms with van der Waals surface area (Å²) < 4.78 is 0.846. The van der Waals surface area contributed by atoms with Crippen molar-refractivity contribution in [3.8, 4) is 0 Å². The quantitative estimate of drug-likeness (QED) is 0.263. The minimum absolute atomic E-state index is 0.0399. The van der Waals surface area contributed by atoms with E-state index in [9.17, 15) is 4.79 Å². The van der Waals surface area contributed by atoms with Crippen molar-refractivity contribution in [1.82, 2.24) is 5.43 Å². The Bertz CT molecular complexity index is 145. The van der Waals surface area contributed by atoms with Crippen LogP contribution >= 0.6 is 22.6 Å². The van der Waals surface area contributed by atoms with Crippen LogP contribution in [-0.4, -0.2) is 9.83 Å². The molecule has 0 aromatic rings. The van der Waals surface area contributed by atoms with Gasteiger partial charge in [0.05, 0.1) is 0 Å². The monoisotopic (exact) mass is 268 g/mol. The van der Waals surface area contributed by atoms with E-state index in [4.69, 9.17) is 5.84 Å². The SMILES string of the molecule is NNC(=O)CCC1CC(I)C1. The molecule has 1 saturated carbocycles. The number of halogens is 1. The first-order valence-electron chi connectivity index (χ1n) is 3.86. The van der Waals surface area contributed by atoms with Crippen molar-refractivity contribution < 1.29 is 4.79 Å². The zero-order valence-corrected chi connectivity index (χ0v) is 8.50. The first kappa shape index (κ1) is 9.25. The number of alkyl halides is 1. The van der Waals surface area contributed by atoms with E-state index >= 15 is 0 Å². The van der Waals surface area contributed by atoms with Crippen LogP contribution in [0.5, 0.6) is 0 Å². The van der Waals surface area contributed by atoms with Crippen molar-refractivity contribution >= 4 is 28.5 Å². The second-order valence-electron chi connectivity index (χ2n) is 3.04. The summed E-state index contributed by atoms with van der Waals surface area (Å²) in [7, 11) is 0. The van der Waals surface area contributed by atoms with E-state index in [-0.39, 0.29) is 5.91 Å². The van der Waals surface area contributed by atoms with E-state index in [1.807, 2.05) is 0 Å². The first-order chi connectivity index (χ1) is 5.22. The van der Waals surface area contributed by atoms with Gasteiger partial charge in [0.1, 0.15) is 0 Å². The molecule has 1 aliphatic carbocycles. The van der Waals surface area contributed by atoms with Crippen molar-refractivity contribution in [2.75, 3.05) is 0 Å². The van der Waals surface area contributed by atoms with Crippen LogP contribution < -0.4 is 11.3 Å². The van der Waals surface area contributed by atoms with E-state index in [1.165, 1.54) is 12.8 Å². The topological polar surface area (TPSA) is 55.1 Å². The molecule has 3 nitrogen and oxygen atoms in total. The summed E-state index contributed by atoms with van der Waals surface area (Å²) in [4.78, 5) is 10.7. The van der Waals surface area contributed by atoms with Gasteiger partial charge in [-0.05, 0) is 25.2 Å². The van der Waals surface area contributed by atoms with E-state index < -0.39 is 0 Å². The van der Waals surface area contributed by atoms with Crippen molar-refractivity contribution in [1.29, 1.82) is 0 Å². The minimum Gasteiger partial charge on any atom is -0.294 e. The molecule has 3 N–H and O–H groups in total. The summed E-state index contributed by atoms with van der Waals surface area (Å²) in [6.45, 7) is 0. The lowest BCUT2D eigenvalue weighted by Crippen LogP contribution is -2.31. The van der Waals surface area contributed by atoms with Gasteiger partial charge >= 0.3 is 0 Å². The fourth-order valence-corrected chi connectivity index (χ4v) is 2.74. The highest BCUT2D eigenvalue weighted by Gasteiger charge is 2.26. The largest absolute Gasteiger partial charge is 0.294 e. The molecule has 0 aliphatic heterocycles. The third kappa shape index (κ3) is 2.94. The molecular weight excluding hydrogens is 255 g/mol. The number of hydrazine groups is 1. The van der Waals surface area contributed by atoms with Crippen molar-refractivity contribution in [3.05, 3.63) is 0 Å². The summed E-state index contributed by atoms with van der Waals surface area (Å²) in [5.41, 5.74) is 2.14. The summed E-state index contributed by atoms with van der Waals surface area (Å²) >= 11 is 2.45. The summed E-state index contributed by atoms with van der Waals surface area (Å²) in [6, 6.07) is 0. The highest BCUT2D eigenvalue weighted by Crippen LogP contribution is 2.36. The van der Waals surface area contributed by atoms with Gasteiger partial charge in [-0.1, -0.05) is 22.6 Å². The average molecular weight is 268 g/mol. The van der Waals surface area contributed by atoms with Crippen LogP contribution in [0.4, 0.5) is 0 Å². The van der Waals surface area contributed by atoms with Gasteiger partial charge in [0.15, 0.2) is 0 Å². The van der Waals surface area contributed by atoms with E-state index in [1.54, 1.807) is 0 Å². The average Bonchev–Trinajstić information content (AvgIpc) is 1.95. The molecule has 0 heterocycles. The maximum atomic E-state index is 10.7. The smallest absolute Gasteiger partial charge is 0.233 e. The van der Waals surface area contributed by atoms with Crippen LogP contribution in [0.25, 0.3) is 0 Å². The molecule has 1 aliphatic rings. The Morgan fingerprint density at radius 1 is 1.64 bits per heavy atom. The van der Waals surface area contributed by atoms with Gasteiger partial charge in [0.25, 0.3) is 0 Å². The summed E-state index contributed by atoms with van der Waals surface area (Å²) in [5.74, 6) is 5.68. The standard InChI is InChI=1S/C7H13IN2O/c8-6-3-5(4-6)1-2-7(11)10-9/h5-6H,1-4,9H2,(H,10,11). The van der Waals surface area contributed by atoms with E-state index in [0.29, 0.717) is 6.42 Å². The second kappa shape index (κ2) is 4.25. The Kier molecular flexibility index (Phi) is 3.58. The van der Waals surface area contributed by atoms with Crippen LogP contribution in [0.2, 0.25) is 0 Å². The zero-order valence-electron chi connectivity index (χ0n) is 6.35. The highest BCUT2D eigenvalue weighted by molar-refractivity contribution is 14.1. The van der Waals surface area contributed by atoms with Gasteiger partial charge in [-0.25, -0.2) is 5.84 Å². The maximum absolute atomic E-state index is 10.7. The van der Waals surface area contributed by atoms with Crippen LogP contribution in [0.3, 0.4) is 0 Å².